The number of aryl methyl sites for hydroxylation is 1. The SMILES string of the molecule is COC(=O)CC[C@@H](NC(=O)c1cc(Cl)ccc1C)C(=O)O. The fraction of sp³-hybridized carbons (Fsp3) is 0.357. The Bertz CT molecular complexity index is 558. The summed E-state index contributed by atoms with van der Waals surface area (Å²) in [5, 5.41) is 11.8. The molecule has 0 unspecified atom stereocenters. The Hall–Kier alpha value is -2.08. The molecule has 0 saturated carbocycles. The summed E-state index contributed by atoms with van der Waals surface area (Å²) in [7, 11) is 1.21. The van der Waals surface area contributed by atoms with Gasteiger partial charge in [0, 0.05) is 17.0 Å². The van der Waals surface area contributed by atoms with Crippen molar-refractivity contribution in [2.24, 2.45) is 0 Å². The minimum Gasteiger partial charge on any atom is -0.480 e. The molecule has 114 valence electrons. The summed E-state index contributed by atoms with van der Waals surface area (Å²) in [5.74, 6) is -2.30. The number of esters is 1. The van der Waals surface area contributed by atoms with E-state index in [1.807, 2.05) is 0 Å². The number of carbonyl (C=O) groups is 3. The van der Waals surface area contributed by atoms with E-state index in [1.165, 1.54) is 13.2 Å². The van der Waals surface area contributed by atoms with Crippen LogP contribution in [0.25, 0.3) is 0 Å². The topological polar surface area (TPSA) is 92.7 Å². The van der Waals surface area contributed by atoms with Gasteiger partial charge in [0.15, 0.2) is 0 Å². The zero-order valence-corrected chi connectivity index (χ0v) is 12.4. The van der Waals surface area contributed by atoms with Gasteiger partial charge in [-0.1, -0.05) is 17.7 Å². The highest BCUT2D eigenvalue weighted by Crippen LogP contribution is 2.15. The molecule has 0 aliphatic rings. The van der Waals surface area contributed by atoms with Gasteiger partial charge in [-0.05, 0) is 31.0 Å². The van der Waals surface area contributed by atoms with E-state index in [2.05, 4.69) is 10.1 Å². The van der Waals surface area contributed by atoms with Crippen molar-refractivity contribution >= 4 is 29.4 Å². The van der Waals surface area contributed by atoms with E-state index < -0.39 is 23.9 Å². The first kappa shape index (κ1) is 17.0. The summed E-state index contributed by atoms with van der Waals surface area (Å²) in [6.45, 7) is 1.72. The lowest BCUT2D eigenvalue weighted by Crippen LogP contribution is -2.41. The van der Waals surface area contributed by atoms with Gasteiger partial charge in [0.25, 0.3) is 5.91 Å². The molecule has 7 heteroatoms. The van der Waals surface area contributed by atoms with Crippen LogP contribution in [0.2, 0.25) is 5.02 Å². The van der Waals surface area contributed by atoms with Crippen LogP contribution >= 0.6 is 11.6 Å². The van der Waals surface area contributed by atoms with E-state index >= 15 is 0 Å². The van der Waals surface area contributed by atoms with Gasteiger partial charge < -0.3 is 15.2 Å². The van der Waals surface area contributed by atoms with E-state index in [0.29, 0.717) is 16.1 Å². The van der Waals surface area contributed by atoms with Gasteiger partial charge in [-0.25, -0.2) is 4.79 Å². The number of carbonyl (C=O) groups excluding carboxylic acids is 2. The molecule has 0 aliphatic heterocycles. The summed E-state index contributed by atoms with van der Waals surface area (Å²) in [6, 6.07) is 3.60. The summed E-state index contributed by atoms with van der Waals surface area (Å²) in [5.41, 5.74) is 0.973. The molecule has 0 spiro atoms. The Morgan fingerprint density at radius 1 is 1.38 bits per heavy atom. The number of benzene rings is 1. The Morgan fingerprint density at radius 3 is 2.62 bits per heavy atom. The van der Waals surface area contributed by atoms with Crippen LogP contribution in [0.1, 0.15) is 28.8 Å². The number of amides is 1. The van der Waals surface area contributed by atoms with Crippen molar-refractivity contribution in [1.29, 1.82) is 0 Å². The number of halogens is 1. The lowest BCUT2D eigenvalue weighted by atomic mass is 10.1. The third-order valence-corrected chi connectivity index (χ3v) is 3.15. The third kappa shape index (κ3) is 5.07. The van der Waals surface area contributed by atoms with Crippen molar-refractivity contribution in [3.63, 3.8) is 0 Å². The van der Waals surface area contributed by atoms with Crippen LogP contribution < -0.4 is 5.32 Å². The van der Waals surface area contributed by atoms with E-state index in [4.69, 9.17) is 16.7 Å². The Kier molecular flexibility index (Phi) is 6.17. The van der Waals surface area contributed by atoms with Crippen molar-refractivity contribution < 1.29 is 24.2 Å². The second-order valence-electron chi connectivity index (χ2n) is 4.44. The van der Waals surface area contributed by atoms with Crippen LogP contribution in [0, 0.1) is 6.92 Å². The number of carboxylic acids is 1. The van der Waals surface area contributed by atoms with E-state index in [0.717, 1.165) is 0 Å². The Balaban J connectivity index is 2.79. The number of rotatable bonds is 6. The number of methoxy groups -OCH3 is 1. The van der Waals surface area contributed by atoms with E-state index in [9.17, 15) is 14.4 Å². The Labute approximate surface area is 127 Å². The van der Waals surface area contributed by atoms with Gasteiger partial charge in [0.2, 0.25) is 0 Å². The molecule has 1 rings (SSSR count). The summed E-state index contributed by atoms with van der Waals surface area (Å²) >= 11 is 5.82. The molecule has 1 atom stereocenters. The van der Waals surface area contributed by atoms with E-state index in [1.54, 1.807) is 19.1 Å². The maximum atomic E-state index is 12.1. The molecule has 0 radical (unpaired) electrons. The van der Waals surface area contributed by atoms with Gasteiger partial charge in [-0.15, -0.1) is 0 Å². The normalized spacial score (nSPS) is 11.6. The molecule has 0 bridgehead atoms. The van der Waals surface area contributed by atoms with Gasteiger partial charge in [0.1, 0.15) is 6.04 Å². The largest absolute Gasteiger partial charge is 0.480 e. The fourth-order valence-corrected chi connectivity index (χ4v) is 1.87. The second kappa shape index (κ2) is 7.64. The minimum absolute atomic E-state index is 0.0483. The molecule has 0 aliphatic carbocycles. The molecule has 0 saturated heterocycles. The number of carboxylic acid groups (broad SMARTS) is 1. The van der Waals surface area contributed by atoms with Gasteiger partial charge in [0.05, 0.1) is 7.11 Å². The smallest absolute Gasteiger partial charge is 0.326 e. The van der Waals surface area contributed by atoms with Gasteiger partial charge in [-0.2, -0.15) is 0 Å². The molecule has 0 aromatic heterocycles. The van der Waals surface area contributed by atoms with Crippen molar-refractivity contribution in [3.05, 3.63) is 34.3 Å². The molecule has 0 heterocycles. The van der Waals surface area contributed by atoms with Crippen LogP contribution in [0.3, 0.4) is 0 Å². The predicted molar refractivity (Wildman–Crippen MR) is 76.3 cm³/mol. The third-order valence-electron chi connectivity index (χ3n) is 2.91. The highest BCUT2D eigenvalue weighted by molar-refractivity contribution is 6.31. The highest BCUT2D eigenvalue weighted by Gasteiger charge is 2.22. The molecular formula is C14H16ClNO5. The molecule has 21 heavy (non-hydrogen) atoms. The zero-order chi connectivity index (χ0) is 16.0. The molecule has 6 nitrogen and oxygen atoms in total. The number of hydrogen-bond donors (Lipinski definition) is 2. The van der Waals surface area contributed by atoms with Crippen molar-refractivity contribution in [1.82, 2.24) is 5.32 Å². The number of hydrogen-bond acceptors (Lipinski definition) is 4. The molecule has 2 N–H and O–H groups in total. The summed E-state index contributed by atoms with van der Waals surface area (Å²) in [4.78, 5) is 34.3. The maximum Gasteiger partial charge on any atom is 0.326 e. The minimum atomic E-state index is -1.22. The quantitative estimate of drug-likeness (QED) is 0.781. The monoisotopic (exact) mass is 313 g/mol. The molecule has 0 fully saturated rings. The average Bonchev–Trinajstić information content (AvgIpc) is 2.44. The van der Waals surface area contributed by atoms with Crippen molar-refractivity contribution in [3.8, 4) is 0 Å². The van der Waals surface area contributed by atoms with Gasteiger partial charge in [-0.3, -0.25) is 9.59 Å². The first-order valence-corrected chi connectivity index (χ1v) is 6.59. The maximum absolute atomic E-state index is 12.1. The standard InChI is InChI=1S/C14H16ClNO5/c1-8-3-4-9(15)7-10(8)13(18)16-11(14(19)20)5-6-12(17)21-2/h3-4,7,11H,5-6H2,1-2H3,(H,16,18)(H,19,20)/t11-/m1/s1. The van der Waals surface area contributed by atoms with Crippen LogP contribution in [0.15, 0.2) is 18.2 Å². The summed E-state index contributed by atoms with van der Waals surface area (Å²) in [6.07, 6.45) is -0.143. The van der Waals surface area contributed by atoms with Gasteiger partial charge >= 0.3 is 11.9 Å². The first-order valence-electron chi connectivity index (χ1n) is 6.21. The average molecular weight is 314 g/mol. The lowest BCUT2D eigenvalue weighted by Gasteiger charge is -2.15. The van der Waals surface area contributed by atoms with Crippen LogP contribution in [0.5, 0.6) is 0 Å². The van der Waals surface area contributed by atoms with Crippen LogP contribution in [-0.2, 0) is 14.3 Å². The number of aliphatic carboxylic acids is 1. The molecule has 1 aromatic carbocycles. The van der Waals surface area contributed by atoms with Crippen molar-refractivity contribution in [2.45, 2.75) is 25.8 Å². The molecule has 1 amide bonds. The first-order chi connectivity index (χ1) is 9.85. The summed E-state index contributed by atoms with van der Waals surface area (Å²) < 4.78 is 4.44. The molecular weight excluding hydrogens is 298 g/mol. The van der Waals surface area contributed by atoms with E-state index in [-0.39, 0.29) is 12.8 Å². The second-order valence-corrected chi connectivity index (χ2v) is 4.87. The molecule has 1 aromatic rings. The predicted octanol–water partition coefficient (Wildman–Crippen LogP) is 1.78. The highest BCUT2D eigenvalue weighted by atomic mass is 35.5. The number of nitrogens with one attached hydrogen (secondary N) is 1. The lowest BCUT2D eigenvalue weighted by molar-refractivity contribution is -0.142. The van der Waals surface area contributed by atoms with Crippen LogP contribution in [-0.4, -0.2) is 36.1 Å². The fourth-order valence-electron chi connectivity index (χ4n) is 1.70. The van der Waals surface area contributed by atoms with Crippen LogP contribution in [0.4, 0.5) is 0 Å². The Morgan fingerprint density at radius 2 is 2.05 bits per heavy atom. The number of ether oxygens (including phenoxy) is 1. The zero-order valence-electron chi connectivity index (χ0n) is 11.7. The van der Waals surface area contributed by atoms with Crippen molar-refractivity contribution in [2.75, 3.05) is 7.11 Å².